The Balaban J connectivity index is 2.97. The minimum atomic E-state index is -0.332. The van der Waals surface area contributed by atoms with E-state index in [1.165, 1.54) is 12.7 Å². The fourth-order valence-corrected chi connectivity index (χ4v) is 2.00. The number of ether oxygens (including phenoxy) is 1. The van der Waals surface area contributed by atoms with Crippen molar-refractivity contribution in [3.8, 4) is 0 Å². The number of hydrogen-bond acceptors (Lipinski definition) is 3. The number of likely N-dealkylation sites (N-methyl/N-ethyl adjacent to an activating group) is 1. The molecule has 2 atom stereocenters. The zero-order chi connectivity index (χ0) is 13.7. The molecule has 0 bridgehead atoms. The fourth-order valence-electron chi connectivity index (χ4n) is 2.00. The van der Waals surface area contributed by atoms with Crippen LogP contribution in [0.1, 0.15) is 43.4 Å². The summed E-state index contributed by atoms with van der Waals surface area (Å²) in [5, 5.41) is 0. The average Bonchev–Trinajstić information content (AvgIpc) is 2.38. The predicted molar refractivity (Wildman–Crippen MR) is 73.6 cm³/mol. The Bertz CT molecular complexity index is 384. The Morgan fingerprint density at radius 2 is 1.72 bits per heavy atom. The molecule has 0 amide bonds. The summed E-state index contributed by atoms with van der Waals surface area (Å²) in [4.78, 5) is 13.6. The van der Waals surface area contributed by atoms with Gasteiger partial charge < -0.3 is 4.74 Å². The van der Waals surface area contributed by atoms with Crippen molar-refractivity contribution in [2.75, 3.05) is 21.2 Å². The third kappa shape index (κ3) is 3.33. The van der Waals surface area contributed by atoms with Crippen LogP contribution in [-0.4, -0.2) is 32.1 Å². The highest BCUT2D eigenvalue weighted by molar-refractivity contribution is 5.77. The van der Waals surface area contributed by atoms with E-state index in [1.807, 2.05) is 31.1 Å². The molecule has 0 saturated heterocycles. The second-order valence-corrected chi connectivity index (χ2v) is 4.87. The van der Waals surface area contributed by atoms with E-state index in [2.05, 4.69) is 26.0 Å². The van der Waals surface area contributed by atoms with E-state index in [1.54, 1.807) is 0 Å². The normalized spacial score (nSPS) is 14.3. The van der Waals surface area contributed by atoms with Gasteiger partial charge in [-0.2, -0.15) is 0 Å². The van der Waals surface area contributed by atoms with Gasteiger partial charge in [0.25, 0.3) is 0 Å². The minimum Gasteiger partial charge on any atom is -0.468 e. The Morgan fingerprint density at radius 3 is 2.11 bits per heavy atom. The molecule has 0 radical (unpaired) electrons. The quantitative estimate of drug-likeness (QED) is 0.751. The van der Waals surface area contributed by atoms with Gasteiger partial charge in [0, 0.05) is 0 Å². The van der Waals surface area contributed by atoms with E-state index in [4.69, 9.17) is 4.74 Å². The summed E-state index contributed by atoms with van der Waals surface area (Å²) >= 11 is 0. The molecule has 0 saturated carbocycles. The van der Waals surface area contributed by atoms with Gasteiger partial charge in [-0.3, -0.25) is 4.90 Å². The van der Waals surface area contributed by atoms with Gasteiger partial charge in [0.1, 0.15) is 6.04 Å². The maximum Gasteiger partial charge on any atom is 0.327 e. The average molecular weight is 249 g/mol. The summed E-state index contributed by atoms with van der Waals surface area (Å²) in [6, 6.07) is 7.90. The van der Waals surface area contributed by atoms with Crippen molar-refractivity contribution < 1.29 is 9.53 Å². The lowest BCUT2D eigenvalue weighted by atomic mass is 9.96. The van der Waals surface area contributed by atoms with Crippen molar-refractivity contribution in [3.05, 3.63) is 35.4 Å². The fraction of sp³-hybridized carbons (Fsp3) is 0.533. The molecule has 0 fully saturated rings. The molecule has 0 aromatic heterocycles. The van der Waals surface area contributed by atoms with Crippen LogP contribution in [0, 0.1) is 0 Å². The lowest BCUT2D eigenvalue weighted by molar-refractivity contribution is -0.146. The zero-order valence-electron chi connectivity index (χ0n) is 11.9. The van der Waals surface area contributed by atoms with Crippen molar-refractivity contribution in [1.82, 2.24) is 4.90 Å². The number of hydrogen-bond donors (Lipinski definition) is 0. The number of carbonyl (C=O) groups excluding carboxylic acids is 1. The van der Waals surface area contributed by atoms with Gasteiger partial charge in [-0.15, -0.1) is 0 Å². The second kappa shape index (κ2) is 6.55. The smallest absolute Gasteiger partial charge is 0.327 e. The molecule has 1 aromatic rings. The molecule has 0 spiro atoms. The van der Waals surface area contributed by atoms with Gasteiger partial charge in [-0.1, -0.05) is 38.1 Å². The molecule has 1 aromatic carbocycles. The van der Waals surface area contributed by atoms with Crippen LogP contribution >= 0.6 is 0 Å². The lowest BCUT2D eigenvalue weighted by Gasteiger charge is -2.22. The van der Waals surface area contributed by atoms with Gasteiger partial charge in [0.15, 0.2) is 0 Å². The van der Waals surface area contributed by atoms with Gasteiger partial charge >= 0.3 is 5.97 Å². The van der Waals surface area contributed by atoms with Gasteiger partial charge in [-0.05, 0) is 37.6 Å². The zero-order valence-corrected chi connectivity index (χ0v) is 11.9. The predicted octanol–water partition coefficient (Wildman–Crippen LogP) is 2.98. The first-order chi connectivity index (χ1) is 8.51. The van der Waals surface area contributed by atoms with Crippen molar-refractivity contribution in [2.45, 2.75) is 32.2 Å². The van der Waals surface area contributed by atoms with E-state index >= 15 is 0 Å². The highest BCUT2D eigenvalue weighted by atomic mass is 16.5. The molecule has 0 aliphatic carbocycles. The van der Waals surface area contributed by atoms with Crippen LogP contribution in [0.2, 0.25) is 0 Å². The Labute approximate surface area is 110 Å². The highest BCUT2D eigenvalue weighted by Crippen LogP contribution is 2.24. The molecule has 0 N–H and O–H groups in total. The largest absolute Gasteiger partial charge is 0.468 e. The third-order valence-corrected chi connectivity index (χ3v) is 3.37. The van der Waals surface area contributed by atoms with E-state index in [0.717, 1.165) is 12.0 Å². The Morgan fingerprint density at radius 1 is 1.22 bits per heavy atom. The van der Waals surface area contributed by atoms with Crippen LogP contribution in [0.3, 0.4) is 0 Å². The SMILES string of the molecule is CCC(C)c1ccc(C(C(=O)OC)N(C)C)cc1. The number of nitrogens with zero attached hydrogens (tertiary/aromatic N) is 1. The van der Waals surface area contributed by atoms with Crippen molar-refractivity contribution >= 4 is 5.97 Å². The molecule has 18 heavy (non-hydrogen) atoms. The van der Waals surface area contributed by atoms with Crippen molar-refractivity contribution in [3.63, 3.8) is 0 Å². The molecular formula is C15H23NO2. The molecule has 2 unspecified atom stereocenters. The summed E-state index contributed by atoms with van der Waals surface area (Å²) < 4.78 is 4.85. The number of rotatable bonds is 5. The third-order valence-electron chi connectivity index (χ3n) is 3.37. The maximum atomic E-state index is 11.8. The van der Waals surface area contributed by atoms with E-state index in [0.29, 0.717) is 5.92 Å². The topological polar surface area (TPSA) is 29.5 Å². The molecule has 0 heterocycles. The second-order valence-electron chi connectivity index (χ2n) is 4.87. The summed E-state index contributed by atoms with van der Waals surface area (Å²) in [7, 11) is 5.18. The molecule has 3 nitrogen and oxygen atoms in total. The summed E-state index contributed by atoms with van der Waals surface area (Å²) in [5.41, 5.74) is 2.28. The van der Waals surface area contributed by atoms with E-state index in [9.17, 15) is 4.79 Å². The van der Waals surface area contributed by atoms with E-state index < -0.39 is 0 Å². The van der Waals surface area contributed by atoms with E-state index in [-0.39, 0.29) is 12.0 Å². The van der Waals surface area contributed by atoms with Crippen molar-refractivity contribution in [2.24, 2.45) is 0 Å². The van der Waals surface area contributed by atoms with Crippen LogP contribution in [0.4, 0.5) is 0 Å². The summed E-state index contributed by atoms with van der Waals surface area (Å²) in [6.45, 7) is 4.38. The van der Waals surface area contributed by atoms with Crippen LogP contribution in [0.15, 0.2) is 24.3 Å². The Hall–Kier alpha value is -1.35. The van der Waals surface area contributed by atoms with Crippen LogP contribution in [-0.2, 0) is 9.53 Å². The molecule has 3 heteroatoms. The maximum absolute atomic E-state index is 11.8. The number of carbonyl (C=O) groups is 1. The van der Waals surface area contributed by atoms with Crippen LogP contribution in [0.25, 0.3) is 0 Å². The molecule has 0 aliphatic heterocycles. The number of esters is 1. The molecule has 0 aliphatic rings. The van der Waals surface area contributed by atoms with Gasteiger partial charge in [0.05, 0.1) is 7.11 Å². The summed E-state index contributed by atoms with van der Waals surface area (Å²) in [6.07, 6.45) is 1.12. The van der Waals surface area contributed by atoms with Crippen molar-refractivity contribution in [1.29, 1.82) is 0 Å². The number of methoxy groups -OCH3 is 1. The first kappa shape index (κ1) is 14.7. The van der Waals surface area contributed by atoms with Crippen LogP contribution in [0.5, 0.6) is 0 Å². The standard InChI is InChI=1S/C15H23NO2/c1-6-11(2)12-7-9-13(10-8-12)14(16(3)4)15(17)18-5/h7-11,14H,6H2,1-5H3. The first-order valence-electron chi connectivity index (χ1n) is 6.35. The Kier molecular flexibility index (Phi) is 5.35. The molecule has 100 valence electrons. The monoisotopic (exact) mass is 249 g/mol. The summed E-state index contributed by atoms with van der Waals surface area (Å²) in [5.74, 6) is 0.325. The highest BCUT2D eigenvalue weighted by Gasteiger charge is 2.23. The molecule has 1 rings (SSSR count). The first-order valence-corrected chi connectivity index (χ1v) is 6.35. The van der Waals surface area contributed by atoms with Gasteiger partial charge in [-0.25, -0.2) is 4.79 Å². The lowest BCUT2D eigenvalue weighted by Crippen LogP contribution is -2.28. The number of benzene rings is 1. The minimum absolute atomic E-state index is 0.226. The van der Waals surface area contributed by atoms with Crippen LogP contribution < -0.4 is 0 Å². The molecular weight excluding hydrogens is 226 g/mol. The van der Waals surface area contributed by atoms with Gasteiger partial charge in [0.2, 0.25) is 0 Å².